The van der Waals surface area contributed by atoms with Gasteiger partial charge in [0, 0.05) is 23.1 Å². The van der Waals surface area contributed by atoms with Crippen molar-refractivity contribution in [1.29, 1.82) is 0 Å². The van der Waals surface area contributed by atoms with Crippen LogP contribution in [0.3, 0.4) is 0 Å². The van der Waals surface area contributed by atoms with Crippen molar-refractivity contribution in [3.63, 3.8) is 0 Å². The number of carbonyl (C=O) groups excluding carboxylic acids is 5. The lowest BCUT2D eigenvalue weighted by Gasteiger charge is -2.49. The Bertz CT molecular complexity index is 2130. The highest BCUT2D eigenvalue weighted by Crippen LogP contribution is 2.64. The number of para-hydroxylation sites is 1. The molecule has 0 aromatic heterocycles. The van der Waals surface area contributed by atoms with Gasteiger partial charge in [-0.2, -0.15) is 0 Å². The lowest BCUT2D eigenvalue weighted by Crippen LogP contribution is -2.48. The molecule has 0 radical (unpaired) electrons. The minimum Gasteiger partial charge on any atom is -0.508 e. The molecule has 4 aromatic rings. The summed E-state index contributed by atoms with van der Waals surface area (Å²) in [6.07, 6.45) is 2.42. The molecule has 2 aliphatic carbocycles. The van der Waals surface area contributed by atoms with E-state index in [1.54, 1.807) is 67.6 Å². The lowest BCUT2D eigenvalue weighted by molar-refractivity contribution is -0.131. The van der Waals surface area contributed by atoms with Crippen LogP contribution in [0.1, 0.15) is 54.1 Å². The standard InChI is InChI=1S/C42H36N2O7/c1-24(45)26-13-15-28(16-14-26)43-38(47)32-20-19-30-33(36(32)40(43)49)22-34-39(48)44(27-11-7-4-8-12-27)41(50)42(34,2)37(30)31-18-17-29(21-35(31)46)51-23-25-9-5-3-6-10-25/h3-19,21,32-34,36-37,46H,20,22-23H2,1-2H3/t32-,33+,34-,36-,37+,42+/m0/s1. The van der Waals surface area contributed by atoms with Crippen molar-refractivity contribution in [3.05, 3.63) is 131 Å². The predicted octanol–water partition coefficient (Wildman–Crippen LogP) is 6.61. The number of nitrogens with zero attached hydrogens (tertiary/aromatic N) is 2. The molecular formula is C42H36N2O7. The Morgan fingerprint density at radius 3 is 2.14 bits per heavy atom. The fourth-order valence-corrected chi connectivity index (χ4v) is 8.88. The molecule has 3 fully saturated rings. The highest BCUT2D eigenvalue weighted by Gasteiger charge is 2.68. The molecule has 1 N–H and O–H groups in total. The molecule has 6 atom stereocenters. The van der Waals surface area contributed by atoms with Gasteiger partial charge in [-0.05, 0) is 80.6 Å². The van der Waals surface area contributed by atoms with E-state index in [4.69, 9.17) is 4.74 Å². The Kier molecular flexibility index (Phi) is 7.74. The number of phenolic OH excluding ortho intramolecular Hbond substituents is 1. The van der Waals surface area contributed by atoms with E-state index in [2.05, 4.69) is 0 Å². The number of anilines is 2. The SMILES string of the molecule is CC(=O)c1ccc(N2C(=O)[C@H]3[C@H](CC=C4[C@H]3C[C@H]3C(=O)N(c5ccccc5)C(=O)[C@@]3(C)[C@H]4c3ccc(OCc4ccccc4)cc3O)C2=O)cc1. The minimum absolute atomic E-state index is 0.0892. The van der Waals surface area contributed by atoms with Crippen molar-refractivity contribution in [2.75, 3.05) is 9.80 Å². The highest BCUT2D eigenvalue weighted by molar-refractivity contribution is 6.25. The van der Waals surface area contributed by atoms with Gasteiger partial charge in [0.1, 0.15) is 18.1 Å². The molecule has 0 spiro atoms. The summed E-state index contributed by atoms with van der Waals surface area (Å²) < 4.78 is 5.99. The summed E-state index contributed by atoms with van der Waals surface area (Å²) in [5, 5.41) is 11.7. The molecule has 0 unspecified atom stereocenters. The van der Waals surface area contributed by atoms with E-state index in [9.17, 15) is 29.1 Å². The van der Waals surface area contributed by atoms with Gasteiger partial charge in [-0.15, -0.1) is 0 Å². The first-order valence-corrected chi connectivity index (χ1v) is 17.2. The summed E-state index contributed by atoms with van der Waals surface area (Å²) in [5.74, 6) is -4.75. The number of ether oxygens (including phenoxy) is 1. The maximum atomic E-state index is 14.6. The number of aromatic hydroxyl groups is 1. The molecule has 4 aliphatic rings. The fraction of sp³-hybridized carbons (Fsp3) is 0.262. The van der Waals surface area contributed by atoms with Gasteiger partial charge in [-0.1, -0.05) is 66.2 Å². The summed E-state index contributed by atoms with van der Waals surface area (Å²) in [5.41, 5.74) is 2.20. The molecule has 1 saturated carbocycles. The van der Waals surface area contributed by atoms with E-state index >= 15 is 0 Å². The van der Waals surface area contributed by atoms with Crippen LogP contribution in [0.4, 0.5) is 11.4 Å². The van der Waals surface area contributed by atoms with Crippen LogP contribution < -0.4 is 14.5 Å². The van der Waals surface area contributed by atoms with Crippen molar-refractivity contribution in [2.24, 2.45) is 29.1 Å². The van der Waals surface area contributed by atoms with Gasteiger partial charge in [0.2, 0.25) is 23.6 Å². The van der Waals surface area contributed by atoms with Gasteiger partial charge in [0.15, 0.2) is 5.78 Å². The third-order valence-electron chi connectivity index (χ3n) is 11.4. The first-order valence-electron chi connectivity index (χ1n) is 17.2. The number of Topliss-reactive ketones (excluding diaryl/α,β-unsaturated/α-hetero) is 1. The van der Waals surface area contributed by atoms with E-state index in [0.717, 1.165) is 11.1 Å². The van der Waals surface area contributed by atoms with E-state index in [1.807, 2.05) is 42.5 Å². The second kappa shape index (κ2) is 12.2. The third-order valence-corrected chi connectivity index (χ3v) is 11.4. The van der Waals surface area contributed by atoms with E-state index < -0.39 is 35.0 Å². The Balaban J connectivity index is 1.20. The van der Waals surface area contributed by atoms with Crippen LogP contribution in [-0.4, -0.2) is 34.5 Å². The molecule has 9 heteroatoms. The molecule has 2 saturated heterocycles. The molecule has 4 amide bonds. The second-order valence-corrected chi connectivity index (χ2v) is 14.1. The zero-order valence-electron chi connectivity index (χ0n) is 28.2. The number of ketones is 1. The van der Waals surface area contributed by atoms with Crippen LogP contribution in [-0.2, 0) is 25.8 Å². The molecule has 4 aromatic carbocycles. The van der Waals surface area contributed by atoms with E-state index in [-0.39, 0.29) is 48.0 Å². The van der Waals surface area contributed by atoms with Crippen molar-refractivity contribution in [1.82, 2.24) is 0 Å². The first kappa shape index (κ1) is 32.4. The molecular weight excluding hydrogens is 644 g/mol. The fourth-order valence-electron chi connectivity index (χ4n) is 8.88. The molecule has 9 nitrogen and oxygen atoms in total. The number of hydrogen-bond donors (Lipinski definition) is 1. The summed E-state index contributed by atoms with van der Waals surface area (Å²) in [6.45, 7) is 3.54. The summed E-state index contributed by atoms with van der Waals surface area (Å²) in [7, 11) is 0. The molecule has 51 heavy (non-hydrogen) atoms. The summed E-state index contributed by atoms with van der Waals surface area (Å²) in [4.78, 5) is 71.6. The Hall–Kier alpha value is -5.83. The summed E-state index contributed by atoms with van der Waals surface area (Å²) in [6, 6.07) is 29.9. The van der Waals surface area contributed by atoms with Crippen molar-refractivity contribution in [2.45, 2.75) is 39.2 Å². The maximum absolute atomic E-state index is 14.6. The third kappa shape index (κ3) is 5.01. The highest BCUT2D eigenvalue weighted by atomic mass is 16.5. The number of imide groups is 2. The van der Waals surface area contributed by atoms with Gasteiger partial charge in [0.25, 0.3) is 0 Å². The van der Waals surface area contributed by atoms with Crippen molar-refractivity contribution < 1.29 is 33.8 Å². The minimum atomic E-state index is -1.29. The van der Waals surface area contributed by atoms with Gasteiger partial charge in [-0.3, -0.25) is 28.9 Å². The lowest BCUT2D eigenvalue weighted by atomic mass is 9.51. The molecule has 2 heterocycles. The zero-order chi connectivity index (χ0) is 35.6. The number of amides is 4. The maximum Gasteiger partial charge on any atom is 0.241 e. The smallest absolute Gasteiger partial charge is 0.241 e. The van der Waals surface area contributed by atoms with Crippen LogP contribution in [0.2, 0.25) is 0 Å². The number of allylic oxidation sites excluding steroid dienone is 2. The molecule has 2 aliphatic heterocycles. The average Bonchev–Trinajstić information content (AvgIpc) is 3.51. The second-order valence-electron chi connectivity index (χ2n) is 14.1. The normalized spacial score (nSPS) is 26.8. The van der Waals surface area contributed by atoms with Crippen LogP contribution >= 0.6 is 0 Å². The Morgan fingerprint density at radius 2 is 1.47 bits per heavy atom. The zero-order valence-corrected chi connectivity index (χ0v) is 28.2. The largest absolute Gasteiger partial charge is 0.508 e. The van der Waals surface area contributed by atoms with Gasteiger partial charge in [-0.25, -0.2) is 4.90 Å². The first-order chi connectivity index (χ1) is 24.6. The number of rotatable bonds is 7. The summed E-state index contributed by atoms with van der Waals surface area (Å²) >= 11 is 0. The number of carbonyl (C=O) groups is 5. The number of benzene rings is 4. The van der Waals surface area contributed by atoms with Crippen LogP contribution in [0, 0.1) is 29.1 Å². The Morgan fingerprint density at radius 1 is 0.804 bits per heavy atom. The van der Waals surface area contributed by atoms with Crippen molar-refractivity contribution in [3.8, 4) is 11.5 Å². The number of hydrogen-bond acceptors (Lipinski definition) is 7. The van der Waals surface area contributed by atoms with Crippen molar-refractivity contribution >= 4 is 40.8 Å². The molecule has 8 rings (SSSR count). The van der Waals surface area contributed by atoms with Crippen LogP contribution in [0.25, 0.3) is 0 Å². The van der Waals surface area contributed by atoms with Gasteiger partial charge < -0.3 is 9.84 Å². The average molecular weight is 681 g/mol. The topological polar surface area (TPSA) is 121 Å². The number of phenols is 1. The molecule has 0 bridgehead atoms. The van der Waals surface area contributed by atoms with Gasteiger partial charge in [0.05, 0.1) is 34.5 Å². The predicted molar refractivity (Wildman–Crippen MR) is 189 cm³/mol. The Labute approximate surface area is 295 Å². The monoisotopic (exact) mass is 680 g/mol. The van der Waals surface area contributed by atoms with Gasteiger partial charge >= 0.3 is 0 Å². The quantitative estimate of drug-likeness (QED) is 0.133. The number of fused-ring (bicyclic) bond motifs is 4. The van der Waals surface area contributed by atoms with E-state index in [1.165, 1.54) is 22.8 Å². The molecule has 256 valence electrons. The van der Waals surface area contributed by atoms with E-state index in [0.29, 0.717) is 34.9 Å². The van der Waals surface area contributed by atoms with Crippen LogP contribution in [0.5, 0.6) is 11.5 Å². The van der Waals surface area contributed by atoms with Crippen LogP contribution in [0.15, 0.2) is 115 Å².